The van der Waals surface area contributed by atoms with Crippen molar-refractivity contribution in [2.24, 2.45) is 0 Å². The summed E-state index contributed by atoms with van der Waals surface area (Å²) in [7, 11) is 5.60. The Morgan fingerprint density at radius 1 is 1.67 bits per heavy atom. The van der Waals surface area contributed by atoms with Crippen LogP contribution in [0.4, 0.5) is 0 Å². The molecule has 1 aromatic heterocycles. The van der Waals surface area contributed by atoms with Gasteiger partial charge < -0.3 is 14.1 Å². The van der Waals surface area contributed by atoms with E-state index >= 15 is 0 Å². The first-order valence-corrected chi connectivity index (χ1v) is 6.13. The van der Waals surface area contributed by atoms with Gasteiger partial charge in [0.15, 0.2) is 5.76 Å². The molecule has 2 atom stereocenters. The lowest BCUT2D eigenvalue weighted by atomic mass is 10.2. The molecule has 0 aliphatic carbocycles. The van der Waals surface area contributed by atoms with Crippen molar-refractivity contribution < 1.29 is 13.9 Å². The normalized spacial score (nSPS) is 24.4. The summed E-state index contributed by atoms with van der Waals surface area (Å²) >= 11 is 0. The van der Waals surface area contributed by atoms with Crippen molar-refractivity contribution in [3.05, 3.63) is 24.2 Å². The largest absolute Gasteiger partial charge is 0.459 e. The summed E-state index contributed by atoms with van der Waals surface area (Å²) in [5, 5.41) is 0. The standard InChI is InChI=1S/C13H20N2O3/c1-14-9-11(17-3)7-10(14)8-15(2)13(16)12-5-4-6-18-12/h4-6,10-11H,7-9H2,1-3H3/t10-,11-/m0/s1. The van der Waals surface area contributed by atoms with Gasteiger partial charge in [-0.05, 0) is 25.6 Å². The van der Waals surface area contributed by atoms with Crippen molar-refractivity contribution in [2.45, 2.75) is 18.6 Å². The molecule has 0 spiro atoms. The smallest absolute Gasteiger partial charge is 0.289 e. The number of methoxy groups -OCH3 is 1. The molecular weight excluding hydrogens is 232 g/mol. The summed E-state index contributed by atoms with van der Waals surface area (Å²) < 4.78 is 10.5. The van der Waals surface area contributed by atoms with Gasteiger partial charge in [-0.25, -0.2) is 0 Å². The Kier molecular flexibility index (Phi) is 4.04. The van der Waals surface area contributed by atoms with Gasteiger partial charge in [-0.2, -0.15) is 0 Å². The number of carbonyl (C=O) groups excluding carboxylic acids is 1. The molecule has 100 valence electrons. The van der Waals surface area contributed by atoms with E-state index in [-0.39, 0.29) is 12.0 Å². The topological polar surface area (TPSA) is 45.9 Å². The fourth-order valence-corrected chi connectivity index (χ4v) is 2.40. The van der Waals surface area contributed by atoms with Crippen LogP contribution >= 0.6 is 0 Å². The maximum atomic E-state index is 12.0. The quantitative estimate of drug-likeness (QED) is 0.804. The first-order chi connectivity index (χ1) is 8.61. The van der Waals surface area contributed by atoms with Gasteiger partial charge in [0.25, 0.3) is 5.91 Å². The van der Waals surface area contributed by atoms with Gasteiger partial charge in [-0.15, -0.1) is 0 Å². The molecule has 1 aromatic rings. The minimum Gasteiger partial charge on any atom is -0.459 e. The van der Waals surface area contributed by atoms with E-state index in [1.165, 1.54) is 6.26 Å². The van der Waals surface area contributed by atoms with Crippen molar-refractivity contribution in [3.8, 4) is 0 Å². The van der Waals surface area contributed by atoms with E-state index in [0.717, 1.165) is 13.0 Å². The number of likely N-dealkylation sites (tertiary alicyclic amines) is 1. The fourth-order valence-electron chi connectivity index (χ4n) is 2.40. The predicted molar refractivity (Wildman–Crippen MR) is 67.5 cm³/mol. The third-order valence-corrected chi connectivity index (χ3v) is 3.55. The average Bonchev–Trinajstić information content (AvgIpc) is 2.98. The number of furan rings is 1. The first-order valence-electron chi connectivity index (χ1n) is 6.13. The monoisotopic (exact) mass is 252 g/mol. The zero-order valence-electron chi connectivity index (χ0n) is 11.1. The van der Waals surface area contributed by atoms with Crippen LogP contribution in [0.1, 0.15) is 17.0 Å². The van der Waals surface area contributed by atoms with E-state index in [4.69, 9.17) is 9.15 Å². The second-order valence-corrected chi connectivity index (χ2v) is 4.85. The van der Waals surface area contributed by atoms with Crippen LogP contribution in [0.15, 0.2) is 22.8 Å². The summed E-state index contributed by atoms with van der Waals surface area (Å²) in [5.41, 5.74) is 0. The molecule has 1 amide bonds. The highest BCUT2D eigenvalue weighted by molar-refractivity contribution is 5.91. The van der Waals surface area contributed by atoms with E-state index in [9.17, 15) is 4.79 Å². The van der Waals surface area contributed by atoms with E-state index < -0.39 is 0 Å². The summed E-state index contributed by atoms with van der Waals surface area (Å²) in [6, 6.07) is 3.76. The number of hydrogen-bond donors (Lipinski definition) is 0. The Bertz CT molecular complexity index is 391. The molecule has 0 unspecified atom stereocenters. The molecule has 2 rings (SSSR count). The molecule has 0 aromatic carbocycles. The average molecular weight is 252 g/mol. The van der Waals surface area contributed by atoms with Gasteiger partial charge in [-0.1, -0.05) is 0 Å². The van der Waals surface area contributed by atoms with Crippen molar-refractivity contribution in [3.63, 3.8) is 0 Å². The molecule has 1 aliphatic rings. The molecule has 1 fully saturated rings. The van der Waals surface area contributed by atoms with Crippen LogP contribution < -0.4 is 0 Å². The van der Waals surface area contributed by atoms with Crippen LogP contribution in [0.3, 0.4) is 0 Å². The summed E-state index contributed by atoms with van der Waals surface area (Å²) in [4.78, 5) is 16.0. The Balaban J connectivity index is 1.91. The molecular formula is C13H20N2O3. The number of nitrogens with zero attached hydrogens (tertiary/aromatic N) is 2. The number of rotatable bonds is 4. The maximum Gasteiger partial charge on any atom is 0.289 e. The van der Waals surface area contributed by atoms with Crippen LogP contribution in [0.2, 0.25) is 0 Å². The number of amides is 1. The Hall–Kier alpha value is -1.33. The molecule has 5 nitrogen and oxygen atoms in total. The number of likely N-dealkylation sites (N-methyl/N-ethyl adjacent to an activating group) is 2. The summed E-state index contributed by atoms with van der Waals surface area (Å²) in [5.74, 6) is 0.315. The van der Waals surface area contributed by atoms with Crippen LogP contribution in [0, 0.1) is 0 Å². The predicted octanol–water partition coefficient (Wildman–Crippen LogP) is 1.07. The molecule has 5 heteroatoms. The fraction of sp³-hybridized carbons (Fsp3) is 0.615. The van der Waals surface area contributed by atoms with Gasteiger partial charge in [-0.3, -0.25) is 9.69 Å². The van der Waals surface area contributed by atoms with Crippen molar-refractivity contribution in [1.82, 2.24) is 9.80 Å². The lowest BCUT2D eigenvalue weighted by Crippen LogP contribution is -2.39. The second kappa shape index (κ2) is 5.54. The first kappa shape index (κ1) is 13.1. The summed E-state index contributed by atoms with van der Waals surface area (Å²) in [6.45, 7) is 1.61. The van der Waals surface area contributed by atoms with Crippen molar-refractivity contribution >= 4 is 5.91 Å². The molecule has 0 radical (unpaired) electrons. The highest BCUT2D eigenvalue weighted by Crippen LogP contribution is 2.19. The van der Waals surface area contributed by atoms with E-state index in [1.54, 1.807) is 31.2 Å². The van der Waals surface area contributed by atoms with E-state index in [2.05, 4.69) is 11.9 Å². The SMILES string of the molecule is CO[C@H]1C[C@@H](CN(C)C(=O)c2ccco2)N(C)C1. The minimum absolute atomic E-state index is 0.0748. The molecule has 0 N–H and O–H groups in total. The van der Waals surface area contributed by atoms with E-state index in [1.807, 2.05) is 0 Å². The molecule has 0 bridgehead atoms. The lowest BCUT2D eigenvalue weighted by molar-refractivity contribution is 0.0729. The van der Waals surface area contributed by atoms with Gasteiger partial charge in [0.05, 0.1) is 12.4 Å². The lowest BCUT2D eigenvalue weighted by Gasteiger charge is -2.24. The van der Waals surface area contributed by atoms with Crippen LogP contribution in [-0.2, 0) is 4.74 Å². The second-order valence-electron chi connectivity index (χ2n) is 4.85. The van der Waals surface area contributed by atoms with Crippen LogP contribution in [-0.4, -0.2) is 62.1 Å². The Morgan fingerprint density at radius 3 is 3.00 bits per heavy atom. The highest BCUT2D eigenvalue weighted by Gasteiger charge is 2.31. The van der Waals surface area contributed by atoms with Gasteiger partial charge >= 0.3 is 0 Å². The number of hydrogen-bond acceptors (Lipinski definition) is 4. The zero-order valence-corrected chi connectivity index (χ0v) is 11.1. The van der Waals surface area contributed by atoms with Crippen LogP contribution in [0.5, 0.6) is 0 Å². The Labute approximate surface area is 107 Å². The summed E-state index contributed by atoms with van der Waals surface area (Å²) in [6.07, 6.45) is 2.75. The van der Waals surface area contributed by atoms with Crippen molar-refractivity contribution in [2.75, 3.05) is 34.3 Å². The van der Waals surface area contributed by atoms with Gasteiger partial charge in [0, 0.05) is 33.3 Å². The van der Waals surface area contributed by atoms with E-state index in [0.29, 0.717) is 18.3 Å². The molecule has 18 heavy (non-hydrogen) atoms. The van der Waals surface area contributed by atoms with Crippen molar-refractivity contribution in [1.29, 1.82) is 0 Å². The Morgan fingerprint density at radius 2 is 2.44 bits per heavy atom. The highest BCUT2D eigenvalue weighted by atomic mass is 16.5. The third-order valence-electron chi connectivity index (χ3n) is 3.55. The van der Waals surface area contributed by atoms with Gasteiger partial charge in [0.2, 0.25) is 0 Å². The molecule has 2 heterocycles. The number of ether oxygens (including phenoxy) is 1. The van der Waals surface area contributed by atoms with Gasteiger partial charge in [0.1, 0.15) is 0 Å². The zero-order chi connectivity index (χ0) is 13.1. The molecule has 1 aliphatic heterocycles. The molecule has 1 saturated heterocycles. The number of carbonyl (C=O) groups is 1. The molecule has 0 saturated carbocycles. The third kappa shape index (κ3) is 2.73. The maximum absolute atomic E-state index is 12.0. The van der Waals surface area contributed by atoms with Crippen LogP contribution in [0.25, 0.3) is 0 Å². The minimum atomic E-state index is -0.0748.